The molecule has 0 saturated carbocycles. The number of H-pyrrole nitrogens is 2. The van der Waals surface area contributed by atoms with Crippen molar-refractivity contribution in [3.8, 4) is 0 Å². The van der Waals surface area contributed by atoms with Gasteiger partial charge >= 0.3 is 0 Å². The van der Waals surface area contributed by atoms with Crippen LogP contribution in [0.3, 0.4) is 0 Å². The Kier molecular flexibility index (Phi) is 7.67. The van der Waals surface area contributed by atoms with Crippen LogP contribution < -0.4 is 11.1 Å². The fraction of sp³-hybridized carbons (Fsp3) is 0.400. The molecule has 0 aliphatic carbocycles. The maximum absolute atomic E-state index is 12.7. The van der Waals surface area contributed by atoms with Crippen LogP contribution in [0.1, 0.15) is 17.5 Å². The van der Waals surface area contributed by atoms with Gasteiger partial charge in [0.1, 0.15) is 5.60 Å². The largest absolute Gasteiger partial charge is 0.483 e. The number of likely N-dealkylation sites (N-methyl/N-ethyl adjacent to an activating group) is 1. The molecule has 2 atom stereocenters. The summed E-state index contributed by atoms with van der Waals surface area (Å²) >= 11 is 0. The van der Waals surface area contributed by atoms with Crippen LogP contribution in [0.15, 0.2) is 46.0 Å². The van der Waals surface area contributed by atoms with Crippen molar-refractivity contribution in [2.45, 2.75) is 24.5 Å². The molecule has 10 heteroatoms. The van der Waals surface area contributed by atoms with Crippen LogP contribution in [-0.4, -0.2) is 75.8 Å². The van der Waals surface area contributed by atoms with E-state index in [4.69, 9.17) is 9.90 Å². The molecule has 162 valence electrons. The molecule has 0 radical (unpaired) electrons. The molecule has 1 aromatic carbocycles. The fourth-order valence-electron chi connectivity index (χ4n) is 3.67. The summed E-state index contributed by atoms with van der Waals surface area (Å²) in [6.07, 6.45) is 0.237. The number of nitrogens with zero attached hydrogens (tertiary/aromatic N) is 2. The van der Waals surface area contributed by atoms with E-state index < -0.39 is 16.7 Å². The van der Waals surface area contributed by atoms with E-state index in [2.05, 4.69) is 10.2 Å². The summed E-state index contributed by atoms with van der Waals surface area (Å²) in [5, 5.41) is 22.7. The molecule has 30 heavy (non-hydrogen) atoms. The van der Waals surface area contributed by atoms with Crippen LogP contribution in [0.5, 0.6) is 0 Å². The highest BCUT2D eigenvalue weighted by molar-refractivity contribution is 5.78. The topological polar surface area (TPSA) is 147 Å². The summed E-state index contributed by atoms with van der Waals surface area (Å²) in [5.41, 5.74) is -1.05. The second-order valence-electron chi connectivity index (χ2n) is 7.25. The van der Waals surface area contributed by atoms with Gasteiger partial charge < -0.3 is 20.0 Å². The van der Waals surface area contributed by atoms with Gasteiger partial charge in [-0.15, -0.1) is 0 Å². The number of hydrogen-bond acceptors (Lipinski definition) is 6. The van der Waals surface area contributed by atoms with Crippen molar-refractivity contribution < 1.29 is 19.8 Å². The zero-order valence-corrected chi connectivity index (χ0v) is 16.9. The van der Waals surface area contributed by atoms with Crippen LogP contribution in [0.4, 0.5) is 0 Å². The molecule has 0 spiro atoms. The molecule has 2 aromatic rings. The number of aliphatic hydroxyl groups is 1. The van der Waals surface area contributed by atoms with Crippen LogP contribution in [-0.2, 0) is 21.6 Å². The van der Waals surface area contributed by atoms with Crippen molar-refractivity contribution in [3.05, 3.63) is 68.2 Å². The van der Waals surface area contributed by atoms with Gasteiger partial charge in [0, 0.05) is 24.7 Å². The molecule has 1 aliphatic heterocycles. The monoisotopic (exact) mass is 418 g/mol. The Hall–Kier alpha value is -3.24. The molecule has 1 amide bonds. The van der Waals surface area contributed by atoms with Crippen LogP contribution >= 0.6 is 0 Å². The number of amides is 1. The molecule has 0 unspecified atom stereocenters. The lowest BCUT2D eigenvalue weighted by atomic mass is 9.79. The Labute approximate surface area is 172 Å². The van der Waals surface area contributed by atoms with Crippen molar-refractivity contribution in [2.24, 2.45) is 0 Å². The van der Waals surface area contributed by atoms with Gasteiger partial charge in [0.15, 0.2) is 0 Å². The van der Waals surface area contributed by atoms with Crippen molar-refractivity contribution in [2.75, 3.05) is 27.2 Å². The predicted octanol–water partition coefficient (Wildman–Crippen LogP) is -0.643. The van der Waals surface area contributed by atoms with Crippen LogP contribution in [0, 0.1) is 0 Å². The van der Waals surface area contributed by atoms with E-state index in [1.807, 2.05) is 49.3 Å². The molecule has 1 fully saturated rings. The lowest BCUT2D eigenvalue weighted by Crippen LogP contribution is -2.60. The maximum Gasteiger partial charge on any atom is 0.290 e. The van der Waals surface area contributed by atoms with Crippen LogP contribution in [0.2, 0.25) is 0 Å². The molecule has 0 bridgehead atoms. The first kappa shape index (κ1) is 23.0. The molecular formula is C20H26N4O6. The normalized spacial score (nSPS) is 20.9. The van der Waals surface area contributed by atoms with Gasteiger partial charge in [0.2, 0.25) is 5.91 Å². The van der Waals surface area contributed by atoms with Gasteiger partial charge in [-0.05, 0) is 26.1 Å². The van der Waals surface area contributed by atoms with Crippen LogP contribution in [0.25, 0.3) is 0 Å². The SMILES string of the molecule is CN(C)[C@@H]1CN(C(=O)Cc2cc(=O)[nH][nH]c2=O)CC[C@]1(O)c1ccccc1.O=CO. The number of rotatable bonds is 4. The van der Waals surface area contributed by atoms with E-state index in [0.717, 1.165) is 11.6 Å². The van der Waals surface area contributed by atoms with E-state index in [1.165, 1.54) is 0 Å². The fourth-order valence-corrected chi connectivity index (χ4v) is 3.67. The third-order valence-corrected chi connectivity index (χ3v) is 5.20. The number of carbonyl (C=O) groups is 2. The standard InChI is InChI=1S/C19H24N4O4.CH2O2/c1-22(2)15-12-23(9-8-19(15,27)14-6-4-3-5-7-14)17(25)11-13-10-16(24)20-21-18(13)26;2-1-3/h3-7,10,15,27H,8-9,11-12H2,1-2H3,(H,20,24)(H,21,26);1H,(H,2,3)/t15-,19+;/m1./s1. The van der Waals surface area contributed by atoms with Gasteiger partial charge in [0.05, 0.1) is 12.5 Å². The van der Waals surface area contributed by atoms with Crippen molar-refractivity contribution >= 4 is 12.4 Å². The summed E-state index contributed by atoms with van der Waals surface area (Å²) in [6, 6.07) is 10.3. The molecule has 2 heterocycles. The first-order valence-corrected chi connectivity index (χ1v) is 9.33. The lowest BCUT2D eigenvalue weighted by Gasteiger charge is -2.47. The van der Waals surface area contributed by atoms with Crippen molar-refractivity contribution in [3.63, 3.8) is 0 Å². The summed E-state index contributed by atoms with van der Waals surface area (Å²) in [5.74, 6) is -0.243. The average molecular weight is 418 g/mol. The Morgan fingerprint density at radius 3 is 2.50 bits per heavy atom. The summed E-state index contributed by atoms with van der Waals surface area (Å²) in [7, 11) is 3.74. The number of carboxylic acid groups (broad SMARTS) is 1. The highest BCUT2D eigenvalue weighted by Gasteiger charge is 2.45. The van der Waals surface area contributed by atoms with Crippen molar-refractivity contribution in [1.29, 1.82) is 0 Å². The highest BCUT2D eigenvalue weighted by Crippen LogP contribution is 2.35. The third-order valence-electron chi connectivity index (χ3n) is 5.20. The highest BCUT2D eigenvalue weighted by atomic mass is 16.3. The first-order valence-electron chi connectivity index (χ1n) is 9.33. The van der Waals surface area contributed by atoms with Gasteiger partial charge in [-0.3, -0.25) is 29.4 Å². The number of aromatic amines is 2. The summed E-state index contributed by atoms with van der Waals surface area (Å²) < 4.78 is 0. The number of hydrogen-bond donors (Lipinski definition) is 4. The number of aromatic nitrogens is 2. The third kappa shape index (κ3) is 5.22. The first-order chi connectivity index (χ1) is 14.2. The molecule has 4 N–H and O–H groups in total. The van der Waals surface area contributed by atoms with Gasteiger partial charge in [0.25, 0.3) is 17.6 Å². The summed E-state index contributed by atoms with van der Waals surface area (Å²) in [6.45, 7) is 0.452. The Bertz CT molecular complexity index is 971. The zero-order chi connectivity index (χ0) is 22.3. The smallest absolute Gasteiger partial charge is 0.290 e. The molecule has 10 nitrogen and oxygen atoms in total. The number of carbonyl (C=O) groups excluding carboxylic acids is 1. The molecule has 1 aromatic heterocycles. The Balaban J connectivity index is 0.00000101. The second kappa shape index (κ2) is 9.99. The molecule has 3 rings (SSSR count). The minimum Gasteiger partial charge on any atom is -0.483 e. The number of piperidine rings is 1. The van der Waals surface area contributed by atoms with E-state index in [0.29, 0.717) is 19.5 Å². The molecular weight excluding hydrogens is 392 g/mol. The van der Waals surface area contributed by atoms with E-state index in [-0.39, 0.29) is 30.4 Å². The Morgan fingerprint density at radius 1 is 1.27 bits per heavy atom. The minimum absolute atomic E-state index is 0.133. The average Bonchev–Trinajstić information content (AvgIpc) is 2.72. The van der Waals surface area contributed by atoms with Gasteiger partial charge in [-0.25, -0.2) is 0 Å². The summed E-state index contributed by atoms with van der Waals surface area (Å²) in [4.78, 5) is 47.8. The maximum atomic E-state index is 12.7. The lowest BCUT2D eigenvalue weighted by molar-refractivity contribution is -0.141. The minimum atomic E-state index is -1.07. The zero-order valence-electron chi connectivity index (χ0n) is 16.9. The predicted molar refractivity (Wildman–Crippen MR) is 109 cm³/mol. The van der Waals surface area contributed by atoms with E-state index >= 15 is 0 Å². The number of nitrogens with one attached hydrogen (secondary N) is 2. The van der Waals surface area contributed by atoms with Gasteiger partial charge in [-0.2, -0.15) is 0 Å². The molecule has 1 aliphatic rings. The van der Waals surface area contributed by atoms with E-state index in [9.17, 15) is 19.5 Å². The quantitative estimate of drug-likeness (QED) is 0.483. The number of benzene rings is 1. The second-order valence-corrected chi connectivity index (χ2v) is 7.25. The molecule has 1 saturated heterocycles. The van der Waals surface area contributed by atoms with E-state index in [1.54, 1.807) is 4.90 Å². The van der Waals surface area contributed by atoms with Crippen molar-refractivity contribution in [1.82, 2.24) is 20.0 Å². The van der Waals surface area contributed by atoms with Gasteiger partial charge in [-0.1, -0.05) is 30.3 Å². The number of likely N-dealkylation sites (tertiary alicyclic amines) is 1. The Morgan fingerprint density at radius 2 is 1.90 bits per heavy atom.